The second-order valence-corrected chi connectivity index (χ2v) is 4.58. The molecule has 5 nitrogen and oxygen atoms in total. The number of carboxylic acid groups (broad SMARTS) is 1. The number of rotatable bonds is 5. The number of aliphatic hydroxyl groups is 1. The molecule has 0 aliphatic carbocycles. The van der Waals surface area contributed by atoms with Crippen LogP contribution in [0.3, 0.4) is 0 Å². The van der Waals surface area contributed by atoms with Crippen LogP contribution in [0.25, 0.3) is 0 Å². The average Bonchev–Trinajstić information content (AvgIpc) is 2.29. The van der Waals surface area contributed by atoms with Gasteiger partial charge in [0.05, 0.1) is 5.92 Å². The van der Waals surface area contributed by atoms with Crippen molar-refractivity contribution in [1.29, 1.82) is 0 Å². The van der Waals surface area contributed by atoms with E-state index in [1.807, 2.05) is 13.8 Å². The zero-order chi connectivity index (χ0) is 13.1. The molecule has 1 aromatic heterocycles. The van der Waals surface area contributed by atoms with E-state index in [0.717, 1.165) is 0 Å². The van der Waals surface area contributed by atoms with Crippen LogP contribution >= 0.6 is 0 Å². The Bertz CT molecular complexity index is 379. The van der Waals surface area contributed by atoms with Crippen LogP contribution in [-0.4, -0.2) is 21.2 Å². The molecule has 0 aromatic carbocycles. The molecule has 0 spiro atoms. The smallest absolute Gasteiger partial charge is 0.310 e. The van der Waals surface area contributed by atoms with Gasteiger partial charge in [0.2, 0.25) is 0 Å². The summed E-state index contributed by atoms with van der Waals surface area (Å²) in [5, 5.41) is 19.8. The molecular formula is C13H22N2O3. The number of carbonyl (C=O) groups is 1. The van der Waals surface area contributed by atoms with Crippen LogP contribution in [0.4, 0.5) is 0 Å². The normalized spacial score (nSPS) is 17.1. The van der Waals surface area contributed by atoms with Gasteiger partial charge >= 0.3 is 5.97 Å². The molecule has 0 saturated carbocycles. The van der Waals surface area contributed by atoms with Crippen LogP contribution < -0.4 is 6.15 Å². The molecule has 3 unspecified atom stereocenters. The third-order valence-electron chi connectivity index (χ3n) is 3.35. The van der Waals surface area contributed by atoms with Gasteiger partial charge in [-0.1, -0.05) is 20.3 Å². The minimum atomic E-state index is -1.38. The zero-order valence-corrected chi connectivity index (χ0v) is 11.1. The highest BCUT2D eigenvalue weighted by Crippen LogP contribution is 2.35. The highest BCUT2D eigenvalue weighted by atomic mass is 16.4. The number of hydrogen-bond donors (Lipinski definition) is 3. The van der Waals surface area contributed by atoms with Crippen molar-refractivity contribution in [3.63, 3.8) is 0 Å². The molecule has 1 heterocycles. The monoisotopic (exact) mass is 254 g/mol. The Morgan fingerprint density at radius 3 is 2.33 bits per heavy atom. The predicted molar refractivity (Wildman–Crippen MR) is 69.4 cm³/mol. The highest BCUT2D eigenvalue weighted by molar-refractivity contribution is 5.72. The van der Waals surface area contributed by atoms with E-state index in [1.54, 1.807) is 31.5 Å². The topological polar surface area (TPSA) is 105 Å². The van der Waals surface area contributed by atoms with E-state index in [0.29, 0.717) is 12.0 Å². The largest absolute Gasteiger partial charge is 0.481 e. The fourth-order valence-corrected chi connectivity index (χ4v) is 2.14. The molecule has 1 aromatic rings. The maximum Gasteiger partial charge on any atom is 0.310 e. The van der Waals surface area contributed by atoms with Crippen molar-refractivity contribution in [2.24, 2.45) is 11.8 Å². The number of pyridine rings is 1. The third-order valence-corrected chi connectivity index (χ3v) is 3.35. The van der Waals surface area contributed by atoms with E-state index in [4.69, 9.17) is 0 Å². The molecule has 0 saturated heterocycles. The van der Waals surface area contributed by atoms with E-state index >= 15 is 0 Å². The maximum absolute atomic E-state index is 11.3. The minimum absolute atomic E-state index is 0. The molecule has 5 N–H and O–H groups in total. The molecular weight excluding hydrogens is 232 g/mol. The van der Waals surface area contributed by atoms with Crippen LogP contribution in [0, 0.1) is 11.8 Å². The summed E-state index contributed by atoms with van der Waals surface area (Å²) in [4.78, 5) is 15.2. The highest BCUT2D eigenvalue weighted by Gasteiger charge is 2.41. The lowest BCUT2D eigenvalue weighted by Crippen LogP contribution is -2.41. The lowest BCUT2D eigenvalue weighted by Gasteiger charge is -2.34. The maximum atomic E-state index is 11.3. The molecule has 0 radical (unpaired) electrons. The summed E-state index contributed by atoms with van der Waals surface area (Å²) in [6.45, 7) is 5.31. The van der Waals surface area contributed by atoms with Crippen molar-refractivity contribution in [2.45, 2.75) is 32.8 Å². The van der Waals surface area contributed by atoms with Crippen LogP contribution in [0.15, 0.2) is 24.5 Å². The van der Waals surface area contributed by atoms with Gasteiger partial charge in [-0.15, -0.1) is 0 Å². The fraction of sp³-hybridized carbons (Fsp3) is 0.538. The van der Waals surface area contributed by atoms with Crippen molar-refractivity contribution in [3.8, 4) is 0 Å². The molecule has 0 aliphatic rings. The van der Waals surface area contributed by atoms with Crippen LogP contribution in [0.2, 0.25) is 0 Å². The summed E-state index contributed by atoms with van der Waals surface area (Å²) in [7, 11) is 0. The van der Waals surface area contributed by atoms with Gasteiger partial charge in [0.1, 0.15) is 5.60 Å². The van der Waals surface area contributed by atoms with E-state index in [9.17, 15) is 15.0 Å². The van der Waals surface area contributed by atoms with Gasteiger partial charge in [0, 0.05) is 12.4 Å². The van der Waals surface area contributed by atoms with Gasteiger partial charge in [-0.3, -0.25) is 9.78 Å². The van der Waals surface area contributed by atoms with Crippen molar-refractivity contribution < 1.29 is 15.0 Å². The minimum Gasteiger partial charge on any atom is -0.481 e. The molecule has 18 heavy (non-hydrogen) atoms. The Balaban J connectivity index is 0.00000289. The number of hydrogen-bond acceptors (Lipinski definition) is 4. The third kappa shape index (κ3) is 3.27. The van der Waals surface area contributed by atoms with E-state index in [2.05, 4.69) is 4.98 Å². The molecule has 0 aliphatic heterocycles. The summed E-state index contributed by atoms with van der Waals surface area (Å²) in [5.74, 6) is -1.90. The van der Waals surface area contributed by atoms with Gasteiger partial charge in [-0.25, -0.2) is 0 Å². The average molecular weight is 254 g/mol. The molecule has 3 atom stereocenters. The van der Waals surface area contributed by atoms with E-state index in [-0.39, 0.29) is 12.1 Å². The van der Waals surface area contributed by atoms with E-state index in [1.165, 1.54) is 0 Å². The molecule has 0 fully saturated rings. The fourth-order valence-electron chi connectivity index (χ4n) is 2.14. The van der Waals surface area contributed by atoms with Gasteiger partial charge in [-0.05, 0) is 30.5 Å². The predicted octanol–water partition coefficient (Wildman–Crippen LogP) is 2.20. The van der Waals surface area contributed by atoms with Crippen molar-refractivity contribution in [1.82, 2.24) is 11.1 Å². The van der Waals surface area contributed by atoms with Crippen molar-refractivity contribution in [3.05, 3.63) is 30.1 Å². The Morgan fingerprint density at radius 1 is 1.44 bits per heavy atom. The summed E-state index contributed by atoms with van der Waals surface area (Å²) in [5.41, 5.74) is -0.801. The molecule has 1 rings (SSSR count). The number of aliphatic carboxylic acids is 1. The summed E-state index contributed by atoms with van der Waals surface area (Å²) in [6.07, 6.45) is 3.82. The Labute approximate surface area is 107 Å². The second-order valence-electron chi connectivity index (χ2n) is 4.58. The summed E-state index contributed by atoms with van der Waals surface area (Å²) >= 11 is 0. The number of carboxylic acids is 1. The summed E-state index contributed by atoms with van der Waals surface area (Å²) in [6, 6.07) is 3.30. The Morgan fingerprint density at radius 2 is 1.94 bits per heavy atom. The van der Waals surface area contributed by atoms with Gasteiger partial charge in [0.15, 0.2) is 0 Å². The standard InChI is InChI=1S/C13H19NO3.H3N/c1-4-9(2)11(12(15)16)13(3,17)10-5-7-14-8-6-10;/h5-9,11,17H,4H2,1-3H3,(H,15,16);1H3. The van der Waals surface area contributed by atoms with Gasteiger partial charge in [-0.2, -0.15) is 0 Å². The lowest BCUT2D eigenvalue weighted by atomic mass is 9.75. The number of nitrogens with zero attached hydrogens (tertiary/aromatic N) is 1. The van der Waals surface area contributed by atoms with Crippen LogP contribution in [0.5, 0.6) is 0 Å². The molecule has 0 amide bonds. The summed E-state index contributed by atoms with van der Waals surface area (Å²) < 4.78 is 0. The van der Waals surface area contributed by atoms with Crippen LogP contribution in [0.1, 0.15) is 32.8 Å². The Kier molecular flexibility index (Phi) is 5.94. The van der Waals surface area contributed by atoms with E-state index < -0.39 is 17.5 Å². The quantitative estimate of drug-likeness (QED) is 0.747. The van der Waals surface area contributed by atoms with Crippen molar-refractivity contribution in [2.75, 3.05) is 0 Å². The van der Waals surface area contributed by atoms with Gasteiger partial charge < -0.3 is 16.4 Å². The first-order chi connectivity index (χ1) is 7.91. The Hall–Kier alpha value is -1.46. The molecule has 0 bridgehead atoms. The van der Waals surface area contributed by atoms with Crippen LogP contribution in [-0.2, 0) is 10.4 Å². The first-order valence-electron chi connectivity index (χ1n) is 5.77. The second kappa shape index (κ2) is 6.47. The SMILES string of the molecule is CCC(C)C(C(=O)O)C(C)(O)c1ccncc1.N. The first-order valence-corrected chi connectivity index (χ1v) is 5.77. The van der Waals surface area contributed by atoms with Gasteiger partial charge in [0.25, 0.3) is 0 Å². The zero-order valence-electron chi connectivity index (χ0n) is 11.1. The lowest BCUT2D eigenvalue weighted by molar-refractivity contribution is -0.155. The molecule has 102 valence electrons. The number of aromatic nitrogens is 1. The van der Waals surface area contributed by atoms with Crippen molar-refractivity contribution >= 4 is 5.97 Å². The molecule has 5 heteroatoms. The first kappa shape index (κ1) is 16.5.